The van der Waals surface area contributed by atoms with Crippen LogP contribution in [0.1, 0.15) is 162 Å². The largest absolute Gasteiger partial charge is 0.472 e. The average Bonchev–Trinajstić information content (AvgIpc) is 3.13. The summed E-state index contributed by atoms with van der Waals surface area (Å²) in [4.78, 5) is 34.7. The number of ether oxygens (including phenoxy) is 2. The normalized spacial score (nSPS) is 14.0. The highest BCUT2D eigenvalue weighted by Gasteiger charge is 2.25. The summed E-state index contributed by atoms with van der Waals surface area (Å²) in [6, 6.07) is 0. The molecule has 0 aromatic rings. The van der Waals surface area contributed by atoms with Crippen LogP contribution in [-0.4, -0.2) is 49.3 Å². The molecule has 2 unspecified atom stereocenters. The van der Waals surface area contributed by atoms with E-state index in [0.29, 0.717) is 12.8 Å². The van der Waals surface area contributed by atoms with Crippen molar-refractivity contribution in [3.8, 4) is 0 Å². The molecule has 0 bridgehead atoms. The van der Waals surface area contributed by atoms with Crippen LogP contribution in [0.4, 0.5) is 0 Å². The predicted octanol–water partition coefficient (Wildman–Crippen LogP) is 11.3. The first kappa shape index (κ1) is 49.7. The topological polar surface area (TPSA) is 134 Å². The van der Waals surface area contributed by atoms with E-state index >= 15 is 0 Å². The Morgan fingerprint density at radius 1 is 0.596 bits per heavy atom. The van der Waals surface area contributed by atoms with Crippen molar-refractivity contribution in [3.05, 3.63) is 60.8 Å². The molecule has 10 heteroatoms. The monoisotopic (exact) mass is 752 g/mol. The molecule has 0 saturated heterocycles. The van der Waals surface area contributed by atoms with Gasteiger partial charge in [-0.15, -0.1) is 0 Å². The molecule has 0 fully saturated rings. The Morgan fingerprint density at radius 3 is 1.69 bits per heavy atom. The second-order valence-electron chi connectivity index (χ2n) is 13.2. The number of allylic oxidation sites excluding steroid dienone is 10. The molecular weight excluding hydrogens is 677 g/mol. The average molecular weight is 752 g/mol. The summed E-state index contributed by atoms with van der Waals surface area (Å²) >= 11 is 0. The summed E-state index contributed by atoms with van der Waals surface area (Å²) in [5.74, 6) is -0.935. The summed E-state index contributed by atoms with van der Waals surface area (Å²) in [5, 5.41) is 0. The lowest BCUT2D eigenvalue weighted by molar-refractivity contribution is -0.161. The molecule has 0 rings (SSSR count). The van der Waals surface area contributed by atoms with Crippen LogP contribution in [0, 0.1) is 0 Å². The fraction of sp³-hybridized carbons (Fsp3) is 0.714. The van der Waals surface area contributed by atoms with Gasteiger partial charge in [0.25, 0.3) is 0 Å². The third-order valence-corrected chi connectivity index (χ3v) is 9.18. The minimum atomic E-state index is -4.39. The zero-order chi connectivity index (χ0) is 38.2. The number of phosphoric acid groups is 1. The Kier molecular flexibility index (Phi) is 36.7. The van der Waals surface area contributed by atoms with E-state index in [1.165, 1.54) is 70.6 Å². The molecule has 2 atom stereocenters. The van der Waals surface area contributed by atoms with Crippen LogP contribution >= 0.6 is 7.82 Å². The number of hydrogen-bond acceptors (Lipinski definition) is 8. The Hall–Kier alpha value is -2.29. The zero-order valence-electron chi connectivity index (χ0n) is 32.8. The Balaban J connectivity index is 4.31. The van der Waals surface area contributed by atoms with Crippen molar-refractivity contribution in [2.45, 2.75) is 168 Å². The van der Waals surface area contributed by atoms with Gasteiger partial charge in [-0.25, -0.2) is 4.57 Å². The molecular formula is C42H74NO8P. The van der Waals surface area contributed by atoms with Crippen molar-refractivity contribution in [3.63, 3.8) is 0 Å². The van der Waals surface area contributed by atoms with E-state index in [9.17, 15) is 19.0 Å². The fourth-order valence-corrected chi connectivity index (χ4v) is 5.92. The van der Waals surface area contributed by atoms with Gasteiger partial charge in [0.1, 0.15) is 6.61 Å². The number of nitrogens with two attached hydrogens (primary N) is 1. The van der Waals surface area contributed by atoms with E-state index in [4.69, 9.17) is 24.3 Å². The molecule has 0 saturated carbocycles. The van der Waals surface area contributed by atoms with Crippen molar-refractivity contribution in [2.24, 2.45) is 5.73 Å². The van der Waals surface area contributed by atoms with Crippen LogP contribution in [0.15, 0.2) is 60.8 Å². The fourth-order valence-electron chi connectivity index (χ4n) is 5.16. The molecule has 300 valence electrons. The predicted molar refractivity (Wildman–Crippen MR) is 215 cm³/mol. The molecule has 0 spiro atoms. The second kappa shape index (κ2) is 38.4. The van der Waals surface area contributed by atoms with Crippen LogP contribution in [0.3, 0.4) is 0 Å². The van der Waals surface area contributed by atoms with E-state index in [1.807, 2.05) is 12.2 Å². The number of unbranched alkanes of at least 4 members (excludes halogenated alkanes) is 16. The van der Waals surface area contributed by atoms with Gasteiger partial charge in [-0.3, -0.25) is 18.6 Å². The summed E-state index contributed by atoms with van der Waals surface area (Å²) in [7, 11) is -4.39. The molecule has 0 amide bonds. The van der Waals surface area contributed by atoms with E-state index < -0.39 is 32.5 Å². The molecule has 0 aliphatic carbocycles. The van der Waals surface area contributed by atoms with Crippen LogP contribution in [0.25, 0.3) is 0 Å². The van der Waals surface area contributed by atoms with Gasteiger partial charge in [-0.2, -0.15) is 0 Å². The SMILES string of the molecule is CCCCCCC/C=C/C=C/C=C/CCCCCCCC(=O)OCC(COP(=O)(O)OCCN)OC(=O)CC/C=C/C/C=C/CCCCCCCC. The highest BCUT2D eigenvalue weighted by Crippen LogP contribution is 2.43. The van der Waals surface area contributed by atoms with Gasteiger partial charge in [0.05, 0.1) is 13.2 Å². The number of rotatable bonds is 37. The maximum absolute atomic E-state index is 12.5. The van der Waals surface area contributed by atoms with Crippen molar-refractivity contribution < 1.29 is 37.6 Å². The van der Waals surface area contributed by atoms with Crippen molar-refractivity contribution in [1.82, 2.24) is 0 Å². The van der Waals surface area contributed by atoms with Gasteiger partial charge < -0.3 is 20.1 Å². The first-order valence-corrected chi connectivity index (χ1v) is 21.8. The third-order valence-electron chi connectivity index (χ3n) is 8.20. The lowest BCUT2D eigenvalue weighted by atomic mass is 10.1. The molecule has 3 N–H and O–H groups in total. The molecule has 52 heavy (non-hydrogen) atoms. The Morgan fingerprint density at radius 2 is 1.12 bits per heavy atom. The first-order chi connectivity index (χ1) is 25.3. The molecule has 0 aliphatic heterocycles. The van der Waals surface area contributed by atoms with Crippen LogP contribution in [-0.2, 0) is 32.7 Å². The maximum atomic E-state index is 12.5. The lowest BCUT2D eigenvalue weighted by Gasteiger charge is -2.19. The smallest absolute Gasteiger partial charge is 0.462 e. The zero-order valence-corrected chi connectivity index (χ0v) is 33.7. The molecule has 0 radical (unpaired) electrons. The number of esters is 2. The van der Waals surface area contributed by atoms with Crippen molar-refractivity contribution >= 4 is 19.8 Å². The van der Waals surface area contributed by atoms with Gasteiger partial charge >= 0.3 is 19.8 Å². The second-order valence-corrected chi connectivity index (χ2v) is 14.7. The van der Waals surface area contributed by atoms with Gasteiger partial charge in [-0.1, -0.05) is 152 Å². The Bertz CT molecular complexity index is 1040. The molecule has 0 aromatic heterocycles. The van der Waals surface area contributed by atoms with Crippen LogP contribution in [0.5, 0.6) is 0 Å². The molecule has 0 heterocycles. The van der Waals surface area contributed by atoms with Gasteiger partial charge in [0.2, 0.25) is 0 Å². The summed E-state index contributed by atoms with van der Waals surface area (Å²) < 4.78 is 32.6. The number of hydrogen-bond donors (Lipinski definition) is 2. The van der Waals surface area contributed by atoms with Gasteiger partial charge in [0.15, 0.2) is 6.10 Å². The highest BCUT2D eigenvalue weighted by molar-refractivity contribution is 7.47. The summed E-state index contributed by atoms with van der Waals surface area (Å²) in [5.41, 5.74) is 5.33. The highest BCUT2D eigenvalue weighted by atomic mass is 31.2. The number of carbonyl (C=O) groups excluding carboxylic acids is 2. The molecule has 0 aromatic carbocycles. The van der Waals surface area contributed by atoms with E-state index in [-0.39, 0.29) is 32.6 Å². The van der Waals surface area contributed by atoms with Crippen molar-refractivity contribution in [1.29, 1.82) is 0 Å². The van der Waals surface area contributed by atoms with Crippen LogP contribution in [0.2, 0.25) is 0 Å². The van der Waals surface area contributed by atoms with Gasteiger partial charge in [-0.05, 0) is 57.8 Å². The molecule has 9 nitrogen and oxygen atoms in total. The number of carbonyl (C=O) groups is 2. The van der Waals surface area contributed by atoms with E-state index in [0.717, 1.165) is 51.4 Å². The molecule has 0 aliphatic rings. The first-order valence-electron chi connectivity index (χ1n) is 20.3. The van der Waals surface area contributed by atoms with E-state index in [2.05, 4.69) is 62.5 Å². The van der Waals surface area contributed by atoms with Gasteiger partial charge in [0, 0.05) is 19.4 Å². The lowest BCUT2D eigenvalue weighted by Crippen LogP contribution is -2.29. The quantitative estimate of drug-likeness (QED) is 0.0209. The third kappa shape index (κ3) is 37.5. The standard InChI is InChI=1S/C42H74NO8P/c1-3-5-7-9-11-13-15-17-18-19-20-21-23-24-26-28-30-32-34-41(44)48-38-40(39-50-52(46,47)49-37-36-43)51-42(45)35-33-31-29-27-25-22-16-14-12-10-8-6-4-2/h15,17-22,25,29,31,40H,3-14,16,23-24,26-28,30,32-39,43H2,1-2H3,(H,46,47)/b17-15+,19-18+,21-20+,25-22+,31-29+. The Labute approximate surface area is 317 Å². The summed E-state index contributed by atoms with van der Waals surface area (Å²) in [6.45, 7) is 3.60. The minimum absolute atomic E-state index is 0.0401. The van der Waals surface area contributed by atoms with E-state index in [1.54, 1.807) is 0 Å². The van der Waals surface area contributed by atoms with Crippen LogP contribution < -0.4 is 5.73 Å². The maximum Gasteiger partial charge on any atom is 0.472 e. The van der Waals surface area contributed by atoms with Crippen molar-refractivity contribution in [2.75, 3.05) is 26.4 Å². The summed E-state index contributed by atoms with van der Waals surface area (Å²) in [6.07, 6.45) is 44.1. The minimum Gasteiger partial charge on any atom is -0.462 e. The number of phosphoric ester groups is 1.